The first kappa shape index (κ1) is 11.2. The molecule has 1 aliphatic rings. The van der Waals surface area contributed by atoms with Crippen LogP contribution in [0, 0.1) is 18.8 Å². The van der Waals surface area contributed by atoms with Crippen molar-refractivity contribution < 1.29 is 0 Å². The third-order valence-electron chi connectivity index (χ3n) is 3.78. The van der Waals surface area contributed by atoms with Crippen LogP contribution in [0.3, 0.4) is 0 Å². The second-order valence-electron chi connectivity index (χ2n) is 4.92. The van der Waals surface area contributed by atoms with Crippen molar-refractivity contribution in [1.29, 1.82) is 0 Å². The molecule has 16 heavy (non-hydrogen) atoms. The molecule has 88 valence electrons. The van der Waals surface area contributed by atoms with Gasteiger partial charge in [-0.25, -0.2) is 4.98 Å². The number of aromatic nitrogens is 2. The molecule has 0 aromatic carbocycles. The van der Waals surface area contributed by atoms with Gasteiger partial charge in [-0.3, -0.25) is 0 Å². The van der Waals surface area contributed by atoms with E-state index >= 15 is 0 Å². The first-order valence-corrected chi connectivity index (χ1v) is 5.93. The Bertz CT molecular complexity index is 377. The fourth-order valence-electron chi connectivity index (χ4n) is 2.35. The Morgan fingerprint density at radius 1 is 1.38 bits per heavy atom. The van der Waals surface area contributed by atoms with Crippen molar-refractivity contribution in [3.8, 4) is 0 Å². The van der Waals surface area contributed by atoms with E-state index in [4.69, 9.17) is 5.73 Å². The molecule has 1 aromatic heterocycles. The summed E-state index contributed by atoms with van der Waals surface area (Å²) in [7, 11) is 0. The lowest BCUT2D eigenvalue weighted by Gasteiger charge is -2.21. The Hall–Kier alpha value is -1.32. The van der Waals surface area contributed by atoms with E-state index in [0.29, 0.717) is 17.9 Å². The molecule has 0 radical (unpaired) electrons. The van der Waals surface area contributed by atoms with Crippen LogP contribution in [0.2, 0.25) is 0 Å². The van der Waals surface area contributed by atoms with Crippen LogP contribution < -0.4 is 11.1 Å². The van der Waals surface area contributed by atoms with E-state index in [9.17, 15) is 0 Å². The molecule has 1 fully saturated rings. The van der Waals surface area contributed by atoms with Crippen LogP contribution in [0.25, 0.3) is 0 Å². The molecule has 0 aliphatic heterocycles. The maximum Gasteiger partial charge on any atom is 0.221 e. The van der Waals surface area contributed by atoms with Gasteiger partial charge in [-0.1, -0.05) is 13.8 Å². The van der Waals surface area contributed by atoms with Gasteiger partial charge in [0.15, 0.2) is 0 Å². The van der Waals surface area contributed by atoms with E-state index in [-0.39, 0.29) is 0 Å². The average Bonchev–Trinajstić information content (AvgIpc) is 2.55. The summed E-state index contributed by atoms with van der Waals surface area (Å²) in [6.45, 7) is 6.62. The first-order valence-electron chi connectivity index (χ1n) is 5.93. The SMILES string of the molecule is Cc1cnc(N)nc1NC1CCC(C)C1C. The van der Waals surface area contributed by atoms with Crippen molar-refractivity contribution in [2.45, 2.75) is 39.7 Å². The largest absolute Gasteiger partial charge is 0.368 e. The summed E-state index contributed by atoms with van der Waals surface area (Å²) in [5.41, 5.74) is 6.66. The summed E-state index contributed by atoms with van der Waals surface area (Å²) in [5.74, 6) is 2.71. The minimum atomic E-state index is 0.340. The highest BCUT2D eigenvalue weighted by Gasteiger charge is 2.30. The van der Waals surface area contributed by atoms with Crippen molar-refractivity contribution in [2.24, 2.45) is 11.8 Å². The number of aryl methyl sites for hydroxylation is 1. The van der Waals surface area contributed by atoms with Gasteiger partial charge in [0, 0.05) is 17.8 Å². The lowest BCUT2D eigenvalue weighted by Crippen LogP contribution is -2.25. The van der Waals surface area contributed by atoms with Crippen LogP contribution in [0.1, 0.15) is 32.3 Å². The van der Waals surface area contributed by atoms with E-state index in [1.54, 1.807) is 6.20 Å². The Kier molecular flexibility index (Phi) is 2.99. The Balaban J connectivity index is 2.12. The minimum Gasteiger partial charge on any atom is -0.368 e. The van der Waals surface area contributed by atoms with Gasteiger partial charge >= 0.3 is 0 Å². The number of hydrogen-bond donors (Lipinski definition) is 2. The summed E-state index contributed by atoms with van der Waals surface area (Å²) < 4.78 is 0. The van der Waals surface area contributed by atoms with Crippen LogP contribution in [0.4, 0.5) is 11.8 Å². The fourth-order valence-corrected chi connectivity index (χ4v) is 2.35. The maximum absolute atomic E-state index is 5.60. The van der Waals surface area contributed by atoms with Crippen molar-refractivity contribution in [2.75, 3.05) is 11.1 Å². The first-order chi connectivity index (χ1) is 7.58. The van der Waals surface area contributed by atoms with Crippen molar-refractivity contribution in [1.82, 2.24) is 9.97 Å². The standard InChI is InChI=1S/C12H20N4/c1-7-4-5-10(9(7)3)15-11-8(2)6-14-12(13)16-11/h6-7,9-10H,4-5H2,1-3H3,(H3,13,14,15,16). The molecular weight excluding hydrogens is 200 g/mol. The van der Waals surface area contributed by atoms with Gasteiger partial charge in [-0.2, -0.15) is 4.98 Å². The highest BCUT2D eigenvalue weighted by Crippen LogP contribution is 2.33. The van der Waals surface area contributed by atoms with E-state index in [1.165, 1.54) is 12.8 Å². The number of nitrogens with zero attached hydrogens (tertiary/aromatic N) is 2. The van der Waals surface area contributed by atoms with Gasteiger partial charge in [0.1, 0.15) is 5.82 Å². The third kappa shape index (κ3) is 2.10. The lowest BCUT2D eigenvalue weighted by molar-refractivity contribution is 0.435. The molecular formula is C12H20N4. The summed E-state index contributed by atoms with van der Waals surface area (Å²) >= 11 is 0. The molecule has 4 nitrogen and oxygen atoms in total. The van der Waals surface area contributed by atoms with Crippen molar-refractivity contribution >= 4 is 11.8 Å². The fraction of sp³-hybridized carbons (Fsp3) is 0.667. The topological polar surface area (TPSA) is 63.8 Å². The van der Waals surface area contributed by atoms with Gasteiger partial charge < -0.3 is 11.1 Å². The molecule has 0 amide bonds. The van der Waals surface area contributed by atoms with Gasteiger partial charge in [0.05, 0.1) is 0 Å². The molecule has 3 unspecified atom stereocenters. The maximum atomic E-state index is 5.60. The highest BCUT2D eigenvalue weighted by molar-refractivity contribution is 5.46. The van der Waals surface area contributed by atoms with Crippen molar-refractivity contribution in [3.63, 3.8) is 0 Å². The molecule has 4 heteroatoms. The number of rotatable bonds is 2. The Labute approximate surface area is 96.7 Å². The quantitative estimate of drug-likeness (QED) is 0.802. The van der Waals surface area contributed by atoms with Crippen LogP contribution in [0.5, 0.6) is 0 Å². The molecule has 3 N–H and O–H groups in total. The van der Waals surface area contributed by atoms with Crippen LogP contribution in [0.15, 0.2) is 6.20 Å². The van der Waals surface area contributed by atoms with Crippen LogP contribution >= 0.6 is 0 Å². The summed E-state index contributed by atoms with van der Waals surface area (Å²) in [5, 5.41) is 3.50. The van der Waals surface area contributed by atoms with E-state index in [2.05, 4.69) is 29.1 Å². The molecule has 0 saturated heterocycles. The predicted molar refractivity (Wildman–Crippen MR) is 66.2 cm³/mol. The van der Waals surface area contributed by atoms with E-state index in [0.717, 1.165) is 17.3 Å². The van der Waals surface area contributed by atoms with Gasteiger partial charge in [-0.15, -0.1) is 0 Å². The van der Waals surface area contributed by atoms with Crippen LogP contribution in [-0.4, -0.2) is 16.0 Å². The molecule has 0 spiro atoms. The molecule has 1 saturated carbocycles. The summed E-state index contributed by atoms with van der Waals surface area (Å²) in [4.78, 5) is 8.23. The second kappa shape index (κ2) is 4.28. The molecule has 1 aliphatic carbocycles. The molecule has 0 bridgehead atoms. The number of nitrogens with two attached hydrogens (primary N) is 1. The minimum absolute atomic E-state index is 0.340. The third-order valence-corrected chi connectivity index (χ3v) is 3.78. The van der Waals surface area contributed by atoms with Crippen molar-refractivity contribution in [3.05, 3.63) is 11.8 Å². The van der Waals surface area contributed by atoms with Gasteiger partial charge in [-0.05, 0) is 31.6 Å². The zero-order valence-corrected chi connectivity index (χ0v) is 10.2. The average molecular weight is 220 g/mol. The molecule has 1 heterocycles. The molecule has 3 atom stereocenters. The lowest BCUT2D eigenvalue weighted by atomic mass is 9.98. The smallest absolute Gasteiger partial charge is 0.221 e. The summed E-state index contributed by atoms with van der Waals surface area (Å²) in [6.07, 6.45) is 4.28. The normalized spacial score (nSPS) is 29.3. The Morgan fingerprint density at radius 3 is 2.75 bits per heavy atom. The monoisotopic (exact) mass is 220 g/mol. The molecule has 1 aromatic rings. The predicted octanol–water partition coefficient (Wildman–Crippen LogP) is 2.21. The Morgan fingerprint density at radius 2 is 2.12 bits per heavy atom. The zero-order valence-electron chi connectivity index (χ0n) is 10.2. The van der Waals surface area contributed by atoms with Gasteiger partial charge in [0.25, 0.3) is 0 Å². The van der Waals surface area contributed by atoms with Crippen LogP contribution in [-0.2, 0) is 0 Å². The number of hydrogen-bond acceptors (Lipinski definition) is 4. The molecule has 2 rings (SSSR count). The van der Waals surface area contributed by atoms with E-state index in [1.807, 2.05) is 6.92 Å². The van der Waals surface area contributed by atoms with Gasteiger partial charge in [0.2, 0.25) is 5.95 Å². The second-order valence-corrected chi connectivity index (χ2v) is 4.92. The number of nitrogen functional groups attached to an aromatic ring is 1. The zero-order chi connectivity index (χ0) is 11.7. The highest BCUT2D eigenvalue weighted by atomic mass is 15.1. The number of nitrogens with one attached hydrogen (secondary N) is 1. The number of anilines is 2. The van der Waals surface area contributed by atoms with E-state index < -0.39 is 0 Å². The summed E-state index contributed by atoms with van der Waals surface area (Å²) in [6, 6.07) is 0.517.